The van der Waals surface area contributed by atoms with Crippen LogP contribution in [0.3, 0.4) is 0 Å². The second-order valence-corrected chi connectivity index (χ2v) is 2.42. The van der Waals surface area contributed by atoms with Gasteiger partial charge in [0.05, 0.1) is 5.97 Å². The Bertz CT molecular complexity index is 256. The van der Waals surface area contributed by atoms with E-state index in [4.69, 9.17) is 5.11 Å². The fourth-order valence-corrected chi connectivity index (χ4v) is 0.684. The molecule has 0 saturated heterocycles. The molecule has 0 fully saturated rings. The van der Waals surface area contributed by atoms with E-state index in [9.17, 15) is 29.7 Å². The molecule has 0 aromatic carbocycles. The molecule has 2 radical (unpaired) electrons. The molecule has 0 heterocycles. The molecule has 17 heavy (non-hydrogen) atoms. The predicted molar refractivity (Wildman–Crippen MR) is 38.3 cm³/mol. The molecular formula is C6H8BiK3O7. The van der Waals surface area contributed by atoms with Gasteiger partial charge in [-0.3, -0.25) is 0 Å². The third kappa shape index (κ3) is 16.4. The molecule has 11 heteroatoms. The zero-order valence-electron chi connectivity index (χ0n) is 12.8. The zero-order chi connectivity index (χ0) is 10.6. The van der Waals surface area contributed by atoms with Crippen LogP contribution in [0.2, 0.25) is 0 Å². The van der Waals surface area contributed by atoms with Crippen molar-refractivity contribution in [1.82, 2.24) is 0 Å². The molecule has 0 rings (SSSR count). The predicted octanol–water partition coefficient (Wildman–Crippen LogP) is -14.3. The number of aliphatic hydroxyl groups is 1. The summed E-state index contributed by atoms with van der Waals surface area (Å²) in [6.07, 6.45) is -2.72. The van der Waals surface area contributed by atoms with E-state index < -0.39 is 36.4 Å². The molecular weight excluding hydrogens is 510 g/mol. The summed E-state index contributed by atoms with van der Waals surface area (Å²) in [6.45, 7) is 0. The maximum atomic E-state index is 10.1. The number of hydrogen-bond acceptors (Lipinski definition) is 7. The molecule has 0 aromatic rings. The first-order valence-corrected chi connectivity index (χ1v) is 3.11. The molecule has 0 saturated carbocycles. The minimum atomic E-state index is -2.97. The van der Waals surface area contributed by atoms with Crippen LogP contribution < -0.4 is 169 Å². The number of carboxylic acids is 3. The van der Waals surface area contributed by atoms with Crippen LogP contribution in [0.1, 0.15) is 17.1 Å². The Morgan fingerprint density at radius 2 is 1.18 bits per heavy atom. The van der Waals surface area contributed by atoms with Gasteiger partial charge in [-0.25, -0.2) is 0 Å². The SMILES string of the molecule is O=C([O-])CC(O)(CC(=O)[O-])C(=O)[O-].[Bi+3].[H-].[H-].[H-].[K+].[K+].[K+]. The van der Waals surface area contributed by atoms with Gasteiger partial charge < -0.3 is 39.1 Å². The van der Waals surface area contributed by atoms with E-state index in [2.05, 4.69) is 0 Å². The standard InChI is InChI=1S/C6H8O7.Bi.3K.3H/c7-3(8)1-6(13,5(11)12)2-4(9)10;;;;;;;/h13H,1-2H2,(H,7,8)(H,9,10)(H,11,12);;;;;;;/q;+3;3*+1;3*-1/p-3. The Hall–Kier alpha value is 4.16. The average molecular weight is 518 g/mol. The fraction of sp³-hybridized carbons (Fsp3) is 0.500. The van der Waals surface area contributed by atoms with Crippen LogP contribution in [-0.4, -0.2) is 54.8 Å². The molecule has 0 unspecified atom stereocenters. The number of carbonyl (C=O) groups excluding carboxylic acids is 3. The van der Waals surface area contributed by atoms with Gasteiger partial charge in [0, 0.05) is 24.8 Å². The maximum absolute atomic E-state index is 10.1. The van der Waals surface area contributed by atoms with E-state index in [-0.39, 0.29) is 185 Å². The smallest absolute Gasteiger partial charge is 1.00 e. The number of carboxylic acid groups (broad SMARTS) is 3. The summed E-state index contributed by atoms with van der Waals surface area (Å²) >= 11 is 0. The van der Waals surface area contributed by atoms with Gasteiger partial charge in [-0.1, -0.05) is 0 Å². The number of rotatable bonds is 5. The van der Waals surface area contributed by atoms with Crippen LogP contribution in [-0.2, 0) is 14.4 Å². The normalized spacial score (nSPS) is 8.29. The van der Waals surface area contributed by atoms with Crippen molar-refractivity contribution in [3.63, 3.8) is 0 Å². The molecule has 0 aliphatic heterocycles. The summed E-state index contributed by atoms with van der Waals surface area (Å²) in [4.78, 5) is 30.0. The average Bonchev–Trinajstić information content (AvgIpc) is 1.82. The van der Waals surface area contributed by atoms with Gasteiger partial charge in [0.25, 0.3) is 0 Å². The Morgan fingerprint density at radius 3 is 1.29 bits per heavy atom. The summed E-state index contributed by atoms with van der Waals surface area (Å²) in [6, 6.07) is 0. The second-order valence-electron chi connectivity index (χ2n) is 2.42. The Balaban J connectivity index is -0.0000000343. The molecule has 0 aliphatic rings. The Morgan fingerprint density at radius 1 is 0.941 bits per heavy atom. The van der Waals surface area contributed by atoms with Crippen LogP contribution in [0.5, 0.6) is 0 Å². The van der Waals surface area contributed by atoms with Crippen LogP contribution in [0, 0.1) is 0 Å². The molecule has 0 bridgehead atoms. The van der Waals surface area contributed by atoms with Crippen LogP contribution in [0.25, 0.3) is 0 Å². The van der Waals surface area contributed by atoms with Crippen molar-refractivity contribution in [2.24, 2.45) is 0 Å². The van der Waals surface area contributed by atoms with Gasteiger partial charge in [0.2, 0.25) is 0 Å². The molecule has 7 nitrogen and oxygen atoms in total. The van der Waals surface area contributed by atoms with Gasteiger partial charge in [0.1, 0.15) is 5.60 Å². The van der Waals surface area contributed by atoms with Crippen LogP contribution in [0.15, 0.2) is 0 Å². The third-order valence-corrected chi connectivity index (χ3v) is 1.25. The quantitative estimate of drug-likeness (QED) is 0.357. The molecule has 0 atom stereocenters. The van der Waals surface area contributed by atoms with Crippen molar-refractivity contribution in [3.8, 4) is 0 Å². The Kier molecular flexibility index (Phi) is 32.0. The van der Waals surface area contributed by atoms with E-state index in [1.165, 1.54) is 0 Å². The monoisotopic (exact) mass is 518 g/mol. The van der Waals surface area contributed by atoms with E-state index >= 15 is 0 Å². The van der Waals surface area contributed by atoms with Crippen molar-refractivity contribution >= 4 is 44.1 Å². The largest absolute Gasteiger partial charge is 3.00 e. The minimum Gasteiger partial charge on any atom is -1.00 e. The van der Waals surface area contributed by atoms with Crippen LogP contribution in [0.4, 0.5) is 0 Å². The van der Waals surface area contributed by atoms with Crippen molar-refractivity contribution in [2.45, 2.75) is 18.4 Å². The van der Waals surface area contributed by atoms with E-state index in [1.54, 1.807) is 0 Å². The summed E-state index contributed by atoms with van der Waals surface area (Å²) in [5.41, 5.74) is -2.97. The second kappa shape index (κ2) is 16.5. The van der Waals surface area contributed by atoms with E-state index in [1.807, 2.05) is 0 Å². The first-order chi connectivity index (χ1) is 5.78. The van der Waals surface area contributed by atoms with Gasteiger partial charge in [0.15, 0.2) is 0 Å². The molecule has 0 aromatic heterocycles. The first kappa shape index (κ1) is 32.9. The molecule has 0 aliphatic carbocycles. The first-order valence-electron chi connectivity index (χ1n) is 3.11. The van der Waals surface area contributed by atoms with Gasteiger partial charge >= 0.3 is 180 Å². The van der Waals surface area contributed by atoms with E-state index in [0.29, 0.717) is 0 Å². The molecule has 0 spiro atoms. The van der Waals surface area contributed by atoms with E-state index in [0.717, 1.165) is 0 Å². The van der Waals surface area contributed by atoms with Gasteiger partial charge in [-0.15, -0.1) is 0 Å². The summed E-state index contributed by atoms with van der Waals surface area (Å²) < 4.78 is 0. The van der Waals surface area contributed by atoms with Crippen molar-refractivity contribution in [1.29, 1.82) is 0 Å². The summed E-state index contributed by atoms with van der Waals surface area (Å²) in [5, 5.41) is 38.9. The van der Waals surface area contributed by atoms with Crippen molar-refractivity contribution in [2.75, 3.05) is 0 Å². The zero-order valence-corrected chi connectivity index (χ0v) is 22.6. The summed E-state index contributed by atoms with van der Waals surface area (Å²) in [5.74, 6) is -5.98. The fourth-order valence-electron chi connectivity index (χ4n) is 0.684. The van der Waals surface area contributed by atoms with Crippen molar-refractivity contribution < 1.29 is 193 Å². The van der Waals surface area contributed by atoms with Crippen LogP contribution >= 0.6 is 0 Å². The van der Waals surface area contributed by atoms with Gasteiger partial charge in [-0.05, 0) is 0 Å². The topological polar surface area (TPSA) is 141 Å². The van der Waals surface area contributed by atoms with Gasteiger partial charge in [-0.2, -0.15) is 0 Å². The number of aliphatic carboxylic acids is 3. The molecule has 0 amide bonds. The number of hydrogen-bond donors (Lipinski definition) is 1. The molecule has 82 valence electrons. The molecule has 1 N–H and O–H groups in total. The number of carbonyl (C=O) groups is 3. The Labute approximate surface area is 249 Å². The minimum absolute atomic E-state index is 0. The maximum Gasteiger partial charge on any atom is 3.00 e. The summed E-state index contributed by atoms with van der Waals surface area (Å²) in [7, 11) is 0. The van der Waals surface area contributed by atoms with Crippen molar-refractivity contribution in [3.05, 3.63) is 0 Å². The third-order valence-electron chi connectivity index (χ3n) is 1.25.